The van der Waals surface area contributed by atoms with Crippen molar-refractivity contribution in [1.82, 2.24) is 0 Å². The standard InChI is InChI=1S/C15H23NO2/c1-5-18-11-6-7-12-10(8-11)9-13(17)14(16-12)15(2,3)4/h6-8,13-14,16-17H,5,9H2,1-4H3. The van der Waals surface area contributed by atoms with Crippen molar-refractivity contribution in [2.24, 2.45) is 5.41 Å². The molecule has 100 valence electrons. The van der Waals surface area contributed by atoms with Gasteiger partial charge >= 0.3 is 0 Å². The van der Waals surface area contributed by atoms with Gasteiger partial charge in [-0.15, -0.1) is 0 Å². The molecular formula is C15H23NO2. The molecule has 0 spiro atoms. The molecule has 0 fully saturated rings. The van der Waals surface area contributed by atoms with E-state index >= 15 is 0 Å². The summed E-state index contributed by atoms with van der Waals surface area (Å²) in [5, 5.41) is 13.7. The first kappa shape index (κ1) is 13.2. The molecular weight excluding hydrogens is 226 g/mol. The summed E-state index contributed by atoms with van der Waals surface area (Å²) in [6.45, 7) is 9.08. The van der Waals surface area contributed by atoms with Crippen LogP contribution in [0.3, 0.4) is 0 Å². The number of benzene rings is 1. The molecule has 0 saturated heterocycles. The van der Waals surface area contributed by atoms with Crippen LogP contribution in [0.15, 0.2) is 18.2 Å². The summed E-state index contributed by atoms with van der Waals surface area (Å²) >= 11 is 0. The van der Waals surface area contributed by atoms with Crippen molar-refractivity contribution in [3.05, 3.63) is 23.8 Å². The average Bonchev–Trinajstić information content (AvgIpc) is 2.27. The lowest BCUT2D eigenvalue weighted by molar-refractivity contribution is 0.0986. The number of ether oxygens (including phenoxy) is 1. The summed E-state index contributed by atoms with van der Waals surface area (Å²) in [5.41, 5.74) is 2.29. The minimum Gasteiger partial charge on any atom is -0.494 e. The summed E-state index contributed by atoms with van der Waals surface area (Å²) in [7, 11) is 0. The molecule has 2 atom stereocenters. The Balaban J connectivity index is 2.25. The second kappa shape index (κ2) is 4.81. The van der Waals surface area contributed by atoms with Crippen LogP contribution >= 0.6 is 0 Å². The van der Waals surface area contributed by atoms with E-state index in [2.05, 4.69) is 26.1 Å². The molecule has 3 nitrogen and oxygen atoms in total. The van der Waals surface area contributed by atoms with Gasteiger partial charge in [-0.2, -0.15) is 0 Å². The van der Waals surface area contributed by atoms with Crippen LogP contribution < -0.4 is 10.1 Å². The lowest BCUT2D eigenvalue weighted by Crippen LogP contribution is -2.47. The Morgan fingerprint density at radius 2 is 2.11 bits per heavy atom. The third-order valence-corrected chi connectivity index (χ3v) is 3.45. The molecule has 18 heavy (non-hydrogen) atoms. The fourth-order valence-corrected chi connectivity index (χ4v) is 2.54. The number of rotatable bonds is 2. The molecule has 2 rings (SSSR count). The van der Waals surface area contributed by atoms with Crippen LogP contribution in [-0.2, 0) is 6.42 Å². The van der Waals surface area contributed by atoms with Crippen LogP contribution in [0.1, 0.15) is 33.3 Å². The minimum absolute atomic E-state index is 0.0374. The maximum absolute atomic E-state index is 10.3. The highest BCUT2D eigenvalue weighted by atomic mass is 16.5. The van der Waals surface area contributed by atoms with Crippen molar-refractivity contribution in [2.75, 3.05) is 11.9 Å². The normalized spacial score (nSPS) is 23.2. The number of anilines is 1. The lowest BCUT2D eigenvalue weighted by Gasteiger charge is -2.40. The van der Waals surface area contributed by atoms with Gasteiger partial charge in [-0.25, -0.2) is 0 Å². The first-order valence-corrected chi connectivity index (χ1v) is 6.62. The van der Waals surface area contributed by atoms with Crippen molar-refractivity contribution in [2.45, 2.75) is 46.3 Å². The summed E-state index contributed by atoms with van der Waals surface area (Å²) in [6, 6.07) is 6.13. The molecule has 2 N–H and O–H groups in total. The quantitative estimate of drug-likeness (QED) is 0.847. The molecule has 0 aliphatic carbocycles. The van der Waals surface area contributed by atoms with E-state index in [0.29, 0.717) is 13.0 Å². The van der Waals surface area contributed by atoms with E-state index in [4.69, 9.17) is 4.74 Å². The smallest absolute Gasteiger partial charge is 0.119 e. The maximum Gasteiger partial charge on any atom is 0.119 e. The molecule has 1 aliphatic rings. The van der Waals surface area contributed by atoms with Gasteiger partial charge in [0.25, 0.3) is 0 Å². The molecule has 1 aliphatic heterocycles. The third kappa shape index (κ3) is 2.61. The van der Waals surface area contributed by atoms with Crippen LogP contribution in [0.4, 0.5) is 5.69 Å². The SMILES string of the molecule is CCOc1ccc2c(c1)CC(O)C(C(C)(C)C)N2. The molecule has 0 aromatic heterocycles. The highest BCUT2D eigenvalue weighted by Gasteiger charge is 2.35. The van der Waals surface area contributed by atoms with Crippen molar-refractivity contribution >= 4 is 5.69 Å². The van der Waals surface area contributed by atoms with E-state index in [0.717, 1.165) is 17.0 Å². The number of hydrogen-bond acceptors (Lipinski definition) is 3. The van der Waals surface area contributed by atoms with Gasteiger partial charge in [0.2, 0.25) is 0 Å². The minimum atomic E-state index is -0.352. The van der Waals surface area contributed by atoms with Gasteiger partial charge in [0.1, 0.15) is 5.75 Å². The molecule has 0 radical (unpaired) electrons. The lowest BCUT2D eigenvalue weighted by atomic mass is 9.79. The van der Waals surface area contributed by atoms with Crippen molar-refractivity contribution in [3.63, 3.8) is 0 Å². The number of aliphatic hydroxyl groups excluding tert-OH is 1. The van der Waals surface area contributed by atoms with Crippen molar-refractivity contribution in [1.29, 1.82) is 0 Å². The third-order valence-electron chi connectivity index (χ3n) is 3.45. The number of hydrogen-bond donors (Lipinski definition) is 2. The van der Waals surface area contributed by atoms with Gasteiger partial charge in [0.05, 0.1) is 18.8 Å². The zero-order chi connectivity index (χ0) is 13.3. The second-order valence-electron chi connectivity index (χ2n) is 6.01. The predicted molar refractivity (Wildman–Crippen MR) is 74.2 cm³/mol. The average molecular weight is 249 g/mol. The highest BCUT2D eigenvalue weighted by molar-refractivity contribution is 5.57. The zero-order valence-corrected chi connectivity index (χ0v) is 11.7. The Hall–Kier alpha value is -1.22. The van der Waals surface area contributed by atoms with Gasteiger partial charge in [0, 0.05) is 12.1 Å². The van der Waals surface area contributed by atoms with Crippen LogP contribution in [0.5, 0.6) is 5.75 Å². The molecule has 3 heteroatoms. The topological polar surface area (TPSA) is 41.5 Å². The van der Waals surface area contributed by atoms with Crippen LogP contribution in [-0.4, -0.2) is 23.9 Å². The second-order valence-corrected chi connectivity index (χ2v) is 6.01. The molecule has 0 bridgehead atoms. The maximum atomic E-state index is 10.3. The number of nitrogens with one attached hydrogen (secondary N) is 1. The predicted octanol–water partition coefficient (Wildman–Crippen LogP) is 2.83. The monoisotopic (exact) mass is 249 g/mol. The van der Waals surface area contributed by atoms with Gasteiger partial charge in [0.15, 0.2) is 0 Å². The molecule has 1 aromatic carbocycles. The van der Waals surface area contributed by atoms with E-state index in [-0.39, 0.29) is 17.6 Å². The largest absolute Gasteiger partial charge is 0.494 e. The summed E-state index contributed by atoms with van der Waals surface area (Å²) < 4.78 is 5.49. The molecule has 0 amide bonds. The van der Waals surface area contributed by atoms with Gasteiger partial charge in [-0.3, -0.25) is 0 Å². The van der Waals surface area contributed by atoms with E-state index in [9.17, 15) is 5.11 Å². The highest BCUT2D eigenvalue weighted by Crippen LogP contribution is 2.34. The molecule has 0 saturated carbocycles. The summed E-state index contributed by atoms with van der Waals surface area (Å²) in [4.78, 5) is 0. The number of aliphatic hydroxyl groups is 1. The first-order chi connectivity index (χ1) is 8.41. The Bertz CT molecular complexity index is 423. The Labute approximate surface area is 109 Å². The Kier molecular flexibility index (Phi) is 3.53. The first-order valence-electron chi connectivity index (χ1n) is 6.62. The Morgan fingerprint density at radius 3 is 2.72 bits per heavy atom. The van der Waals surface area contributed by atoms with Gasteiger partial charge in [-0.1, -0.05) is 20.8 Å². The van der Waals surface area contributed by atoms with Gasteiger partial charge < -0.3 is 15.2 Å². The molecule has 2 unspecified atom stereocenters. The van der Waals surface area contributed by atoms with E-state index in [1.54, 1.807) is 0 Å². The van der Waals surface area contributed by atoms with E-state index < -0.39 is 0 Å². The summed E-state index contributed by atoms with van der Waals surface area (Å²) in [6.07, 6.45) is 0.333. The fourth-order valence-electron chi connectivity index (χ4n) is 2.54. The van der Waals surface area contributed by atoms with E-state index in [1.807, 2.05) is 25.1 Å². The number of fused-ring (bicyclic) bond motifs is 1. The molecule has 1 aromatic rings. The summed E-state index contributed by atoms with van der Waals surface area (Å²) in [5.74, 6) is 0.874. The Morgan fingerprint density at radius 1 is 1.39 bits per heavy atom. The van der Waals surface area contributed by atoms with Crippen LogP contribution in [0.2, 0.25) is 0 Å². The fraction of sp³-hybridized carbons (Fsp3) is 0.600. The van der Waals surface area contributed by atoms with Crippen molar-refractivity contribution < 1.29 is 9.84 Å². The zero-order valence-electron chi connectivity index (χ0n) is 11.7. The molecule has 1 heterocycles. The van der Waals surface area contributed by atoms with E-state index in [1.165, 1.54) is 0 Å². The van der Waals surface area contributed by atoms with Gasteiger partial charge in [-0.05, 0) is 36.1 Å². The van der Waals surface area contributed by atoms with Crippen LogP contribution in [0.25, 0.3) is 0 Å². The van der Waals surface area contributed by atoms with Crippen molar-refractivity contribution in [3.8, 4) is 5.75 Å². The van der Waals surface area contributed by atoms with Crippen LogP contribution in [0, 0.1) is 5.41 Å².